The van der Waals surface area contributed by atoms with Crippen LogP contribution in [0.2, 0.25) is 0 Å². The number of esters is 1. The van der Waals surface area contributed by atoms with Gasteiger partial charge in [-0.2, -0.15) is 0 Å². The maximum atomic E-state index is 12.8. The first-order valence-electron chi connectivity index (χ1n) is 13.0. The summed E-state index contributed by atoms with van der Waals surface area (Å²) in [4.78, 5) is 45.7. The van der Waals surface area contributed by atoms with Crippen molar-refractivity contribution >= 4 is 40.2 Å². The van der Waals surface area contributed by atoms with Crippen LogP contribution in [-0.2, 0) is 9.47 Å². The number of likely N-dealkylation sites (tertiary alicyclic amines) is 1. The summed E-state index contributed by atoms with van der Waals surface area (Å²) in [6.07, 6.45) is 3.56. The molecular formula is C29H32N4O5S. The zero-order valence-corrected chi connectivity index (χ0v) is 23.1. The number of benzene rings is 2. The lowest BCUT2D eigenvalue weighted by Gasteiger charge is -2.31. The second-order valence-corrected chi connectivity index (χ2v) is 11.0. The normalized spacial score (nSPS) is 15.6. The third-order valence-corrected chi connectivity index (χ3v) is 8.50. The van der Waals surface area contributed by atoms with Crippen LogP contribution in [-0.4, -0.2) is 55.3 Å². The number of urea groups is 1. The molecule has 2 aromatic carbocycles. The molecule has 1 saturated carbocycles. The number of hydrogen-bond acceptors (Lipinski definition) is 7. The average Bonchev–Trinajstić information content (AvgIpc) is 3.72. The fraction of sp³-hybridized carbons (Fsp3) is 0.379. The molecule has 0 radical (unpaired) electrons. The second kappa shape index (κ2) is 11.1. The number of piperidine rings is 1. The summed E-state index contributed by atoms with van der Waals surface area (Å²) >= 11 is 1.09. The number of ether oxygens (including phenoxy) is 2. The van der Waals surface area contributed by atoms with Gasteiger partial charge in [0.1, 0.15) is 4.88 Å². The highest BCUT2D eigenvalue weighted by Gasteiger charge is 2.30. The molecule has 1 aliphatic carbocycles. The molecule has 0 atom stereocenters. The highest BCUT2D eigenvalue weighted by atomic mass is 32.1. The molecule has 3 amide bonds. The van der Waals surface area contributed by atoms with Crippen LogP contribution in [0.5, 0.6) is 0 Å². The molecule has 1 aromatic heterocycles. The van der Waals surface area contributed by atoms with Gasteiger partial charge in [0.05, 0.1) is 25.6 Å². The number of methoxy groups -OCH3 is 2. The van der Waals surface area contributed by atoms with Gasteiger partial charge in [0.15, 0.2) is 5.13 Å². The number of aromatic nitrogens is 1. The second-order valence-electron chi connectivity index (χ2n) is 10.0. The van der Waals surface area contributed by atoms with Crippen molar-refractivity contribution in [2.45, 2.75) is 44.4 Å². The van der Waals surface area contributed by atoms with E-state index < -0.39 is 12.0 Å². The Labute approximate surface area is 231 Å². The summed E-state index contributed by atoms with van der Waals surface area (Å²) in [6, 6.07) is 13.3. The Morgan fingerprint density at radius 2 is 1.67 bits per heavy atom. The number of thiazole rings is 1. The predicted octanol–water partition coefficient (Wildman–Crippen LogP) is 5.95. The van der Waals surface area contributed by atoms with Gasteiger partial charge in [0.2, 0.25) is 0 Å². The number of anilines is 2. The van der Waals surface area contributed by atoms with Crippen molar-refractivity contribution in [3.8, 4) is 11.3 Å². The average molecular weight is 549 g/mol. The van der Waals surface area contributed by atoms with Crippen molar-refractivity contribution in [1.29, 1.82) is 0 Å². The molecule has 0 unspecified atom stereocenters. The summed E-state index contributed by atoms with van der Waals surface area (Å²) in [6.45, 7) is 3.15. The van der Waals surface area contributed by atoms with E-state index in [2.05, 4.69) is 12.1 Å². The molecule has 1 saturated heterocycles. The number of rotatable bonds is 6. The molecule has 0 spiro atoms. The third kappa shape index (κ3) is 5.47. The number of amides is 3. The summed E-state index contributed by atoms with van der Waals surface area (Å²) in [5.74, 6) is 0.220. The topological polar surface area (TPSA) is 115 Å². The smallest absolute Gasteiger partial charge is 0.409 e. The molecule has 0 bridgehead atoms. The summed E-state index contributed by atoms with van der Waals surface area (Å²) in [5, 5.41) is 0.311. The maximum absolute atomic E-state index is 12.8. The number of carbonyl (C=O) groups is 3. The quantitative estimate of drug-likeness (QED) is 0.381. The first-order chi connectivity index (χ1) is 18.8. The third-order valence-electron chi connectivity index (χ3n) is 7.48. The molecule has 2 heterocycles. The fourth-order valence-corrected chi connectivity index (χ4v) is 6.18. The van der Waals surface area contributed by atoms with Crippen molar-refractivity contribution in [1.82, 2.24) is 9.88 Å². The Morgan fingerprint density at radius 1 is 0.974 bits per heavy atom. The van der Waals surface area contributed by atoms with Crippen LogP contribution in [0.25, 0.3) is 11.3 Å². The van der Waals surface area contributed by atoms with E-state index in [4.69, 9.17) is 20.2 Å². The highest BCUT2D eigenvalue weighted by molar-refractivity contribution is 7.18. The first kappa shape index (κ1) is 26.7. The number of aryl methyl sites for hydroxylation is 1. The van der Waals surface area contributed by atoms with Crippen LogP contribution < -0.4 is 10.6 Å². The van der Waals surface area contributed by atoms with Gasteiger partial charge in [-0.25, -0.2) is 24.3 Å². The molecule has 204 valence electrons. The molecule has 2 aliphatic rings. The van der Waals surface area contributed by atoms with Crippen molar-refractivity contribution < 1.29 is 23.9 Å². The van der Waals surface area contributed by atoms with Crippen molar-refractivity contribution in [3.63, 3.8) is 0 Å². The minimum Gasteiger partial charge on any atom is -0.465 e. The van der Waals surface area contributed by atoms with Crippen LogP contribution in [0, 0.1) is 6.92 Å². The van der Waals surface area contributed by atoms with E-state index in [9.17, 15) is 14.4 Å². The Kier molecular flexibility index (Phi) is 7.56. The van der Waals surface area contributed by atoms with E-state index in [0.717, 1.165) is 59.3 Å². The molecule has 1 aliphatic heterocycles. The van der Waals surface area contributed by atoms with Crippen LogP contribution in [0.3, 0.4) is 0 Å². The zero-order valence-electron chi connectivity index (χ0n) is 22.3. The van der Waals surface area contributed by atoms with Crippen molar-refractivity contribution in [3.05, 3.63) is 64.0 Å². The minimum atomic E-state index is -0.672. The summed E-state index contributed by atoms with van der Waals surface area (Å²) in [5.41, 5.74) is 10.9. The molecule has 10 heteroatoms. The van der Waals surface area contributed by atoms with Crippen molar-refractivity contribution in [2.24, 2.45) is 5.73 Å². The molecular weight excluding hydrogens is 516 g/mol. The van der Waals surface area contributed by atoms with Crippen LogP contribution in [0.15, 0.2) is 42.5 Å². The van der Waals surface area contributed by atoms with E-state index in [1.807, 2.05) is 37.3 Å². The van der Waals surface area contributed by atoms with Gasteiger partial charge in [0.25, 0.3) is 0 Å². The molecule has 9 nitrogen and oxygen atoms in total. The highest BCUT2D eigenvalue weighted by Crippen LogP contribution is 2.44. The molecule has 5 rings (SSSR count). The molecule has 2 N–H and O–H groups in total. The number of nitrogens with two attached hydrogens (primary N) is 1. The maximum Gasteiger partial charge on any atom is 0.409 e. The van der Waals surface area contributed by atoms with Gasteiger partial charge < -0.3 is 20.1 Å². The number of hydrogen-bond donors (Lipinski definition) is 1. The predicted molar refractivity (Wildman–Crippen MR) is 150 cm³/mol. The van der Waals surface area contributed by atoms with Gasteiger partial charge in [-0.1, -0.05) is 41.7 Å². The fourth-order valence-electron chi connectivity index (χ4n) is 5.15. The Balaban J connectivity index is 1.50. The van der Waals surface area contributed by atoms with E-state index in [0.29, 0.717) is 40.4 Å². The number of primary amides is 1. The minimum absolute atomic E-state index is 0.250. The van der Waals surface area contributed by atoms with Gasteiger partial charge in [-0.05, 0) is 73.3 Å². The van der Waals surface area contributed by atoms with Crippen LogP contribution >= 0.6 is 11.3 Å². The molecule has 2 fully saturated rings. The Morgan fingerprint density at radius 3 is 2.31 bits per heavy atom. The van der Waals surface area contributed by atoms with Gasteiger partial charge in [-0.3, -0.25) is 0 Å². The van der Waals surface area contributed by atoms with E-state index in [1.54, 1.807) is 4.90 Å². The largest absolute Gasteiger partial charge is 0.465 e. The lowest BCUT2D eigenvalue weighted by atomic mass is 9.88. The van der Waals surface area contributed by atoms with Crippen molar-refractivity contribution in [2.75, 3.05) is 32.2 Å². The molecule has 3 aromatic rings. The molecule has 39 heavy (non-hydrogen) atoms. The van der Waals surface area contributed by atoms with E-state index in [-0.39, 0.29) is 12.0 Å². The Bertz CT molecular complexity index is 1410. The summed E-state index contributed by atoms with van der Waals surface area (Å²) in [7, 11) is 2.72. The number of carbonyl (C=O) groups excluding carboxylic acids is 3. The van der Waals surface area contributed by atoms with E-state index in [1.165, 1.54) is 19.1 Å². The van der Waals surface area contributed by atoms with Gasteiger partial charge in [-0.15, -0.1) is 0 Å². The standard InChI is InChI=1S/C29H32N4O5S/c1-17-7-8-21(18-9-10-18)16-23(17)33(27(30)35)28-31-24(25(39-28)26(34)37-2)22-6-4-5-20(15-22)19-11-13-32(14-12-19)29(36)38-3/h4-8,15-16,18-19H,9-14H2,1-3H3,(H2,30,35). The van der Waals surface area contributed by atoms with Crippen LogP contribution in [0.4, 0.5) is 20.4 Å². The lowest BCUT2D eigenvalue weighted by molar-refractivity contribution is 0.0606. The zero-order chi connectivity index (χ0) is 27.7. The van der Waals surface area contributed by atoms with Gasteiger partial charge in [0, 0.05) is 18.7 Å². The summed E-state index contributed by atoms with van der Waals surface area (Å²) < 4.78 is 9.93. The number of nitrogens with zero attached hydrogens (tertiary/aromatic N) is 3. The van der Waals surface area contributed by atoms with Gasteiger partial charge >= 0.3 is 18.1 Å². The SMILES string of the molecule is COC(=O)c1sc(N(C(N)=O)c2cc(C3CC3)ccc2C)nc1-c1cccc(C2CCN(C(=O)OC)CC2)c1. The lowest BCUT2D eigenvalue weighted by Crippen LogP contribution is -2.37. The Hall–Kier alpha value is -3.92. The monoisotopic (exact) mass is 548 g/mol. The van der Waals surface area contributed by atoms with E-state index >= 15 is 0 Å². The van der Waals surface area contributed by atoms with Crippen LogP contribution in [0.1, 0.15) is 63.9 Å². The first-order valence-corrected chi connectivity index (χ1v) is 13.8.